The second-order valence-electron chi connectivity index (χ2n) is 3.50. The van der Waals surface area contributed by atoms with E-state index in [2.05, 4.69) is 4.98 Å². The maximum absolute atomic E-state index is 8.92. The molecule has 0 N–H and O–H groups in total. The quantitative estimate of drug-likeness (QED) is 0.809. The Labute approximate surface area is 104 Å². The van der Waals surface area contributed by atoms with Crippen LogP contribution in [0, 0.1) is 18.3 Å². The van der Waals surface area contributed by atoms with Crippen LogP contribution in [0.4, 0.5) is 0 Å². The van der Waals surface area contributed by atoms with Crippen LogP contribution < -0.4 is 4.74 Å². The zero-order chi connectivity index (χ0) is 12.3. The molecule has 1 heterocycles. The van der Waals surface area contributed by atoms with E-state index in [0.29, 0.717) is 16.3 Å². The molecule has 3 nitrogen and oxygen atoms in total. The second-order valence-corrected chi connectivity index (χ2v) is 3.91. The van der Waals surface area contributed by atoms with Gasteiger partial charge in [-0.2, -0.15) is 5.26 Å². The van der Waals surface area contributed by atoms with Gasteiger partial charge in [0.2, 0.25) is 5.88 Å². The fourth-order valence-electron chi connectivity index (χ4n) is 1.35. The normalized spacial score (nSPS) is 9.71. The van der Waals surface area contributed by atoms with E-state index in [1.54, 1.807) is 30.5 Å². The van der Waals surface area contributed by atoms with Crippen LogP contribution in [-0.4, -0.2) is 4.98 Å². The minimum atomic E-state index is 0.266. The van der Waals surface area contributed by atoms with Gasteiger partial charge in [0.15, 0.2) is 0 Å². The fraction of sp³-hybridized carbons (Fsp3) is 0.0769. The molecule has 0 spiro atoms. The molecule has 0 aliphatic rings. The molecular formula is C13H9ClN2O. The zero-order valence-corrected chi connectivity index (χ0v) is 9.90. The van der Waals surface area contributed by atoms with Crippen LogP contribution in [0.25, 0.3) is 0 Å². The van der Waals surface area contributed by atoms with Gasteiger partial charge < -0.3 is 4.74 Å². The van der Waals surface area contributed by atoms with Crippen molar-refractivity contribution in [1.82, 2.24) is 4.98 Å². The minimum Gasteiger partial charge on any atom is -0.436 e. The number of pyridine rings is 1. The summed E-state index contributed by atoms with van der Waals surface area (Å²) >= 11 is 6.01. The van der Waals surface area contributed by atoms with Crippen LogP contribution in [0.1, 0.15) is 11.1 Å². The van der Waals surface area contributed by atoms with Crippen LogP contribution >= 0.6 is 11.6 Å². The lowest BCUT2D eigenvalue weighted by Gasteiger charge is -2.08. The van der Waals surface area contributed by atoms with Crippen LogP contribution in [0.15, 0.2) is 36.5 Å². The Kier molecular flexibility index (Phi) is 3.27. The number of hydrogen-bond acceptors (Lipinski definition) is 3. The molecule has 0 saturated carbocycles. The third-order valence-corrected chi connectivity index (χ3v) is 2.50. The number of nitrogens with zero attached hydrogens (tertiary/aromatic N) is 2. The summed E-state index contributed by atoms with van der Waals surface area (Å²) in [6, 6.07) is 10.8. The molecule has 2 rings (SSSR count). The Morgan fingerprint density at radius 1 is 1.35 bits per heavy atom. The molecule has 0 radical (unpaired) electrons. The number of nitriles is 1. The minimum absolute atomic E-state index is 0.266. The predicted octanol–water partition coefficient (Wildman–Crippen LogP) is 3.71. The topological polar surface area (TPSA) is 45.9 Å². The van der Waals surface area contributed by atoms with E-state index < -0.39 is 0 Å². The zero-order valence-electron chi connectivity index (χ0n) is 9.14. The summed E-state index contributed by atoms with van der Waals surface area (Å²) in [5.74, 6) is 0.768. The summed E-state index contributed by atoms with van der Waals surface area (Å²) in [7, 11) is 0. The SMILES string of the molecule is Cc1ccc(Cl)c(Oc2ncccc2C#N)c1. The molecule has 0 bridgehead atoms. The van der Waals surface area contributed by atoms with Crippen molar-refractivity contribution in [3.8, 4) is 17.7 Å². The first-order chi connectivity index (χ1) is 8.20. The predicted molar refractivity (Wildman–Crippen MR) is 65.2 cm³/mol. The van der Waals surface area contributed by atoms with Crippen molar-refractivity contribution in [2.75, 3.05) is 0 Å². The van der Waals surface area contributed by atoms with Gasteiger partial charge in [0.05, 0.1) is 5.02 Å². The number of ether oxygens (including phenoxy) is 1. The number of aromatic nitrogens is 1. The molecule has 1 aromatic carbocycles. The molecule has 0 amide bonds. The lowest BCUT2D eigenvalue weighted by molar-refractivity contribution is 0.461. The van der Waals surface area contributed by atoms with Gasteiger partial charge in [-0.15, -0.1) is 0 Å². The van der Waals surface area contributed by atoms with E-state index in [0.717, 1.165) is 5.56 Å². The molecule has 17 heavy (non-hydrogen) atoms. The highest BCUT2D eigenvalue weighted by atomic mass is 35.5. The molecule has 0 saturated heterocycles. The summed E-state index contributed by atoms with van der Waals surface area (Å²) in [5.41, 5.74) is 1.41. The summed E-state index contributed by atoms with van der Waals surface area (Å²) in [4.78, 5) is 4.01. The summed E-state index contributed by atoms with van der Waals surface area (Å²) in [5, 5.41) is 9.41. The molecule has 0 unspecified atom stereocenters. The Morgan fingerprint density at radius 2 is 2.18 bits per heavy atom. The first-order valence-corrected chi connectivity index (χ1v) is 5.37. The van der Waals surface area contributed by atoms with E-state index >= 15 is 0 Å². The van der Waals surface area contributed by atoms with Crippen molar-refractivity contribution < 1.29 is 4.74 Å². The van der Waals surface area contributed by atoms with E-state index in [4.69, 9.17) is 21.6 Å². The molecular weight excluding hydrogens is 236 g/mol. The number of halogens is 1. The summed E-state index contributed by atoms with van der Waals surface area (Å²) in [6.07, 6.45) is 1.57. The van der Waals surface area contributed by atoms with Gasteiger partial charge in [-0.05, 0) is 36.8 Å². The molecule has 84 valence electrons. The largest absolute Gasteiger partial charge is 0.436 e. The van der Waals surface area contributed by atoms with Crippen molar-refractivity contribution in [3.63, 3.8) is 0 Å². The van der Waals surface area contributed by atoms with Gasteiger partial charge in [0.1, 0.15) is 17.4 Å². The third kappa shape index (κ3) is 2.55. The highest BCUT2D eigenvalue weighted by Gasteiger charge is 2.08. The summed E-state index contributed by atoms with van der Waals surface area (Å²) < 4.78 is 5.55. The first-order valence-electron chi connectivity index (χ1n) is 5.00. The number of rotatable bonds is 2. The van der Waals surface area contributed by atoms with Crippen LogP contribution in [0.5, 0.6) is 11.6 Å². The van der Waals surface area contributed by atoms with E-state index in [9.17, 15) is 0 Å². The van der Waals surface area contributed by atoms with Gasteiger partial charge in [0, 0.05) is 6.20 Å². The Hall–Kier alpha value is -2.05. The summed E-state index contributed by atoms with van der Waals surface area (Å²) in [6.45, 7) is 1.94. The van der Waals surface area contributed by atoms with Gasteiger partial charge in [-0.25, -0.2) is 4.98 Å². The average Bonchev–Trinajstić information content (AvgIpc) is 2.34. The highest BCUT2D eigenvalue weighted by Crippen LogP contribution is 2.30. The van der Waals surface area contributed by atoms with Crippen molar-refractivity contribution in [2.24, 2.45) is 0 Å². The smallest absolute Gasteiger partial charge is 0.237 e. The van der Waals surface area contributed by atoms with Crippen molar-refractivity contribution in [2.45, 2.75) is 6.92 Å². The van der Waals surface area contributed by atoms with Crippen LogP contribution in [0.2, 0.25) is 5.02 Å². The van der Waals surface area contributed by atoms with Gasteiger partial charge >= 0.3 is 0 Å². The molecule has 4 heteroatoms. The Morgan fingerprint density at radius 3 is 2.94 bits per heavy atom. The molecule has 1 aromatic heterocycles. The number of benzene rings is 1. The Bertz CT molecular complexity index is 590. The first kappa shape index (κ1) is 11.4. The lowest BCUT2D eigenvalue weighted by Crippen LogP contribution is -1.92. The van der Waals surface area contributed by atoms with Crippen molar-refractivity contribution in [1.29, 1.82) is 5.26 Å². The third-order valence-electron chi connectivity index (χ3n) is 2.18. The molecule has 0 aliphatic carbocycles. The van der Waals surface area contributed by atoms with Gasteiger partial charge in [-0.1, -0.05) is 17.7 Å². The molecule has 0 aliphatic heterocycles. The maximum Gasteiger partial charge on any atom is 0.237 e. The van der Waals surface area contributed by atoms with E-state index in [1.807, 2.05) is 19.1 Å². The average molecular weight is 245 g/mol. The van der Waals surface area contributed by atoms with Crippen LogP contribution in [0.3, 0.4) is 0 Å². The lowest BCUT2D eigenvalue weighted by atomic mass is 10.2. The highest BCUT2D eigenvalue weighted by molar-refractivity contribution is 6.32. The number of hydrogen-bond donors (Lipinski definition) is 0. The molecule has 0 atom stereocenters. The fourth-order valence-corrected chi connectivity index (χ4v) is 1.51. The van der Waals surface area contributed by atoms with E-state index in [1.165, 1.54) is 0 Å². The van der Waals surface area contributed by atoms with Crippen LogP contribution in [-0.2, 0) is 0 Å². The van der Waals surface area contributed by atoms with Crippen molar-refractivity contribution >= 4 is 11.6 Å². The van der Waals surface area contributed by atoms with Gasteiger partial charge in [-0.3, -0.25) is 0 Å². The Balaban J connectivity index is 2.38. The molecule has 0 fully saturated rings. The standard InChI is InChI=1S/C13H9ClN2O/c1-9-4-5-11(14)12(7-9)17-13-10(8-15)3-2-6-16-13/h2-7H,1H3. The molecule has 2 aromatic rings. The number of aryl methyl sites for hydroxylation is 1. The monoisotopic (exact) mass is 244 g/mol. The van der Waals surface area contributed by atoms with E-state index in [-0.39, 0.29) is 5.88 Å². The second kappa shape index (κ2) is 4.86. The van der Waals surface area contributed by atoms with Gasteiger partial charge in [0.25, 0.3) is 0 Å². The maximum atomic E-state index is 8.92. The van der Waals surface area contributed by atoms with Crippen molar-refractivity contribution in [3.05, 3.63) is 52.7 Å².